The Morgan fingerprint density at radius 3 is 2.45 bits per heavy atom. The van der Waals surface area contributed by atoms with Crippen molar-refractivity contribution in [2.45, 2.75) is 33.7 Å². The Bertz CT molecular complexity index is 523. The summed E-state index contributed by atoms with van der Waals surface area (Å²) in [5.41, 5.74) is 2.05. The zero-order chi connectivity index (χ0) is 15.5. The molecule has 0 fully saturated rings. The normalized spacial score (nSPS) is 12.7. The molecular weight excluding hydrogens is 260 g/mol. The van der Waals surface area contributed by atoms with E-state index in [4.69, 9.17) is 5.84 Å². The lowest BCUT2D eigenvalue weighted by Gasteiger charge is -2.28. The van der Waals surface area contributed by atoms with E-state index in [1.807, 2.05) is 27.7 Å². The minimum absolute atomic E-state index is 0.0103. The molecule has 1 aromatic carbocycles. The average molecular weight is 280 g/mol. The van der Waals surface area contributed by atoms with Gasteiger partial charge in [-0.2, -0.15) is 0 Å². The van der Waals surface area contributed by atoms with E-state index in [1.54, 1.807) is 0 Å². The Labute approximate surface area is 117 Å². The first kappa shape index (κ1) is 15.9. The number of anilines is 1. The molecule has 0 aliphatic carbocycles. The molecule has 0 radical (unpaired) electrons. The Morgan fingerprint density at radius 2 is 2.00 bits per heavy atom. The Kier molecular flexibility index (Phi) is 4.67. The third-order valence-corrected chi connectivity index (χ3v) is 3.27. The van der Waals surface area contributed by atoms with Crippen molar-refractivity contribution in [2.24, 2.45) is 11.3 Å². The minimum atomic E-state index is -0.584. The first-order valence-electron chi connectivity index (χ1n) is 6.23. The molecule has 0 aliphatic rings. The van der Waals surface area contributed by atoms with Gasteiger partial charge in [0, 0.05) is 12.1 Å². The van der Waals surface area contributed by atoms with Crippen molar-refractivity contribution in [2.75, 3.05) is 5.43 Å². The predicted molar refractivity (Wildman–Crippen MR) is 77.3 cm³/mol. The fourth-order valence-corrected chi connectivity index (χ4v) is 1.52. The summed E-state index contributed by atoms with van der Waals surface area (Å²) in [5.74, 6) is 4.91. The van der Waals surface area contributed by atoms with E-state index in [0.29, 0.717) is 0 Å². The maximum Gasteiger partial charge on any atom is 0.294 e. The van der Waals surface area contributed by atoms with Crippen LogP contribution < -0.4 is 16.6 Å². The summed E-state index contributed by atoms with van der Waals surface area (Å²) in [5, 5.41) is 13.7. The second-order valence-electron chi connectivity index (χ2n) is 5.66. The molecule has 1 aromatic rings. The topological polar surface area (TPSA) is 110 Å². The molecule has 7 nitrogen and oxygen atoms in total. The predicted octanol–water partition coefficient (Wildman–Crippen LogP) is 2.04. The average Bonchev–Trinajstić information content (AvgIpc) is 2.36. The Hall–Kier alpha value is -2.15. The number of hydrazine groups is 1. The summed E-state index contributed by atoms with van der Waals surface area (Å²) in [4.78, 5) is 22.6. The number of hydrogen-bond donors (Lipinski definition) is 3. The van der Waals surface area contributed by atoms with Gasteiger partial charge in [0.1, 0.15) is 5.69 Å². The fraction of sp³-hybridized carbons (Fsp3) is 0.462. The van der Waals surface area contributed by atoms with Crippen LogP contribution in [0.25, 0.3) is 0 Å². The number of carbonyl (C=O) groups is 1. The monoisotopic (exact) mass is 280 g/mol. The lowest BCUT2D eigenvalue weighted by atomic mass is 9.88. The quantitative estimate of drug-likeness (QED) is 0.444. The number of amides is 1. The second-order valence-corrected chi connectivity index (χ2v) is 5.66. The highest BCUT2D eigenvalue weighted by atomic mass is 16.6. The molecule has 0 bridgehead atoms. The molecule has 0 heterocycles. The van der Waals surface area contributed by atoms with Gasteiger partial charge in [-0.15, -0.1) is 0 Å². The van der Waals surface area contributed by atoms with E-state index in [9.17, 15) is 14.9 Å². The van der Waals surface area contributed by atoms with Crippen LogP contribution in [0.3, 0.4) is 0 Å². The molecule has 1 amide bonds. The lowest BCUT2D eigenvalue weighted by Crippen LogP contribution is -2.41. The molecule has 110 valence electrons. The molecular formula is C13H20N4O3. The van der Waals surface area contributed by atoms with E-state index in [1.165, 1.54) is 18.2 Å². The highest BCUT2D eigenvalue weighted by molar-refractivity contribution is 6.01. The van der Waals surface area contributed by atoms with Crippen molar-refractivity contribution in [3.05, 3.63) is 33.9 Å². The van der Waals surface area contributed by atoms with Crippen LogP contribution >= 0.6 is 0 Å². The smallest absolute Gasteiger partial charge is 0.294 e. The summed E-state index contributed by atoms with van der Waals surface area (Å²) < 4.78 is 0. The molecule has 4 N–H and O–H groups in total. The van der Waals surface area contributed by atoms with Gasteiger partial charge in [-0.3, -0.25) is 20.8 Å². The van der Waals surface area contributed by atoms with Gasteiger partial charge in [0.05, 0.1) is 10.5 Å². The lowest BCUT2D eigenvalue weighted by molar-refractivity contribution is -0.384. The zero-order valence-electron chi connectivity index (χ0n) is 12.1. The molecule has 0 aromatic heterocycles. The zero-order valence-corrected chi connectivity index (χ0v) is 12.1. The third-order valence-electron chi connectivity index (χ3n) is 3.27. The van der Waals surface area contributed by atoms with Crippen LogP contribution in [0.2, 0.25) is 0 Å². The van der Waals surface area contributed by atoms with E-state index >= 15 is 0 Å². The highest BCUT2D eigenvalue weighted by Crippen LogP contribution is 2.28. The Morgan fingerprint density at radius 1 is 1.40 bits per heavy atom. The van der Waals surface area contributed by atoms with Gasteiger partial charge in [0.2, 0.25) is 0 Å². The van der Waals surface area contributed by atoms with Crippen molar-refractivity contribution < 1.29 is 9.72 Å². The first-order valence-corrected chi connectivity index (χ1v) is 6.23. The number of hydrogen-bond acceptors (Lipinski definition) is 5. The number of benzene rings is 1. The van der Waals surface area contributed by atoms with Crippen LogP contribution in [0.1, 0.15) is 38.1 Å². The van der Waals surface area contributed by atoms with Crippen molar-refractivity contribution >= 4 is 17.3 Å². The molecule has 0 aliphatic heterocycles. The fourth-order valence-electron chi connectivity index (χ4n) is 1.52. The molecule has 0 saturated carbocycles. The summed E-state index contributed by atoms with van der Waals surface area (Å²) in [7, 11) is 0. The van der Waals surface area contributed by atoms with Gasteiger partial charge in [-0.1, -0.05) is 26.8 Å². The molecule has 7 heteroatoms. The highest BCUT2D eigenvalue weighted by Gasteiger charge is 2.25. The number of nitrogens with two attached hydrogens (primary N) is 1. The number of carbonyl (C=O) groups excluding carboxylic acids is 1. The van der Waals surface area contributed by atoms with Crippen LogP contribution in [0.5, 0.6) is 0 Å². The maximum atomic E-state index is 12.2. The van der Waals surface area contributed by atoms with E-state index in [0.717, 1.165) is 0 Å². The van der Waals surface area contributed by atoms with Gasteiger partial charge in [-0.25, -0.2) is 0 Å². The molecule has 20 heavy (non-hydrogen) atoms. The van der Waals surface area contributed by atoms with Gasteiger partial charge >= 0.3 is 0 Å². The Balaban J connectivity index is 3.11. The molecule has 1 atom stereocenters. The summed E-state index contributed by atoms with van der Waals surface area (Å²) in [6.45, 7) is 7.86. The number of nitro benzene ring substituents is 1. The molecule has 1 rings (SSSR count). The van der Waals surface area contributed by atoms with Gasteiger partial charge < -0.3 is 10.7 Å². The molecule has 0 spiro atoms. The van der Waals surface area contributed by atoms with Crippen molar-refractivity contribution in [1.29, 1.82) is 0 Å². The number of nitrogens with one attached hydrogen (secondary N) is 2. The molecule has 0 saturated heterocycles. The SMILES string of the molecule is CC(NC(=O)c1cccc([N+](=O)[O-])c1NN)C(C)(C)C. The van der Waals surface area contributed by atoms with E-state index < -0.39 is 10.8 Å². The third kappa shape index (κ3) is 3.45. The largest absolute Gasteiger partial charge is 0.349 e. The number of rotatable bonds is 4. The van der Waals surface area contributed by atoms with Gasteiger partial charge in [0.25, 0.3) is 11.6 Å². The maximum absolute atomic E-state index is 12.2. The molecule has 1 unspecified atom stereocenters. The van der Waals surface area contributed by atoms with Gasteiger partial charge in [-0.05, 0) is 18.4 Å². The number of nitrogens with zero attached hydrogens (tertiary/aromatic N) is 1. The van der Waals surface area contributed by atoms with Crippen LogP contribution in [0.15, 0.2) is 18.2 Å². The van der Waals surface area contributed by atoms with E-state index in [2.05, 4.69) is 10.7 Å². The summed E-state index contributed by atoms with van der Waals surface area (Å²) >= 11 is 0. The standard InChI is InChI=1S/C13H20N4O3/c1-8(13(2,3)4)15-12(18)9-6-5-7-10(17(19)20)11(9)16-14/h5-8,16H,14H2,1-4H3,(H,15,18). The van der Waals surface area contributed by atoms with Crippen LogP contribution in [0, 0.1) is 15.5 Å². The first-order chi connectivity index (χ1) is 9.18. The number of nitro groups is 1. The second kappa shape index (κ2) is 5.87. The van der Waals surface area contributed by atoms with Crippen molar-refractivity contribution in [1.82, 2.24) is 5.32 Å². The van der Waals surface area contributed by atoms with Gasteiger partial charge in [0.15, 0.2) is 0 Å². The summed E-state index contributed by atoms with van der Waals surface area (Å²) in [6, 6.07) is 4.14. The van der Waals surface area contributed by atoms with E-state index in [-0.39, 0.29) is 28.4 Å². The van der Waals surface area contributed by atoms with Crippen LogP contribution in [-0.2, 0) is 0 Å². The van der Waals surface area contributed by atoms with Crippen molar-refractivity contribution in [3.8, 4) is 0 Å². The van der Waals surface area contributed by atoms with Crippen molar-refractivity contribution in [3.63, 3.8) is 0 Å². The van der Waals surface area contributed by atoms with Crippen LogP contribution in [0.4, 0.5) is 11.4 Å². The minimum Gasteiger partial charge on any atom is -0.349 e. The van der Waals surface area contributed by atoms with Crippen LogP contribution in [-0.4, -0.2) is 16.9 Å². The number of nitrogen functional groups attached to an aromatic ring is 1. The summed E-state index contributed by atoms with van der Waals surface area (Å²) in [6.07, 6.45) is 0. The number of para-hydroxylation sites is 1.